The average molecular weight is 433 g/mol. The van der Waals surface area contributed by atoms with Crippen molar-refractivity contribution in [1.29, 1.82) is 0 Å². The molecule has 1 atom stereocenters. The summed E-state index contributed by atoms with van der Waals surface area (Å²) in [5.74, 6) is 1.46. The first-order valence-corrected chi connectivity index (χ1v) is 12.0. The van der Waals surface area contributed by atoms with E-state index in [2.05, 4.69) is 6.07 Å². The number of piperidine rings is 1. The topological polar surface area (TPSA) is 49.9 Å². The fraction of sp³-hybridized carbons (Fsp3) is 0.481. The Hall–Kier alpha value is -2.82. The third kappa shape index (κ3) is 4.01. The predicted molar refractivity (Wildman–Crippen MR) is 124 cm³/mol. The van der Waals surface area contributed by atoms with Crippen LogP contribution in [0.5, 0.6) is 5.75 Å². The van der Waals surface area contributed by atoms with Crippen molar-refractivity contribution < 1.29 is 14.3 Å². The van der Waals surface area contributed by atoms with Crippen LogP contribution in [-0.2, 0) is 4.79 Å². The van der Waals surface area contributed by atoms with Crippen molar-refractivity contribution in [2.24, 2.45) is 0 Å². The SMILES string of the molecule is Cc1ccccc1C(=O)N1CCC2(CC1)C[C@H](CC(=O)N1CCCC1)c1ccccc1O2. The Balaban J connectivity index is 1.31. The molecule has 0 saturated carbocycles. The van der Waals surface area contributed by atoms with Crippen LogP contribution >= 0.6 is 0 Å². The molecule has 2 saturated heterocycles. The molecule has 1 spiro atoms. The van der Waals surface area contributed by atoms with Crippen molar-refractivity contribution in [3.8, 4) is 5.75 Å². The molecular formula is C27H32N2O3. The largest absolute Gasteiger partial charge is 0.487 e. The van der Waals surface area contributed by atoms with E-state index in [0.29, 0.717) is 19.5 Å². The van der Waals surface area contributed by atoms with Gasteiger partial charge in [0.25, 0.3) is 5.91 Å². The molecule has 32 heavy (non-hydrogen) atoms. The quantitative estimate of drug-likeness (QED) is 0.715. The summed E-state index contributed by atoms with van der Waals surface area (Å²) in [4.78, 5) is 30.0. The number of nitrogens with zero attached hydrogens (tertiary/aromatic N) is 2. The van der Waals surface area contributed by atoms with Gasteiger partial charge in [0.05, 0.1) is 0 Å². The normalized spacial score (nSPS) is 21.8. The molecule has 0 unspecified atom stereocenters. The summed E-state index contributed by atoms with van der Waals surface area (Å²) < 4.78 is 6.59. The van der Waals surface area contributed by atoms with Crippen LogP contribution in [0, 0.1) is 6.92 Å². The van der Waals surface area contributed by atoms with E-state index in [1.807, 2.05) is 59.2 Å². The van der Waals surface area contributed by atoms with Crippen LogP contribution in [-0.4, -0.2) is 53.4 Å². The molecule has 5 nitrogen and oxygen atoms in total. The average Bonchev–Trinajstić information content (AvgIpc) is 3.35. The zero-order chi connectivity index (χ0) is 22.1. The zero-order valence-electron chi connectivity index (χ0n) is 18.9. The van der Waals surface area contributed by atoms with Gasteiger partial charge in [-0.3, -0.25) is 9.59 Å². The van der Waals surface area contributed by atoms with Gasteiger partial charge in [0, 0.05) is 56.9 Å². The van der Waals surface area contributed by atoms with Gasteiger partial charge in [-0.1, -0.05) is 36.4 Å². The van der Waals surface area contributed by atoms with Gasteiger partial charge in [-0.25, -0.2) is 0 Å². The van der Waals surface area contributed by atoms with Crippen LogP contribution in [0.1, 0.15) is 65.9 Å². The Kier molecular flexibility index (Phi) is 5.66. The molecule has 0 aromatic heterocycles. The van der Waals surface area contributed by atoms with E-state index in [4.69, 9.17) is 4.74 Å². The van der Waals surface area contributed by atoms with Crippen molar-refractivity contribution in [1.82, 2.24) is 9.80 Å². The Morgan fingerprint density at radius 1 is 0.938 bits per heavy atom. The number of ether oxygens (including phenoxy) is 1. The summed E-state index contributed by atoms with van der Waals surface area (Å²) in [5.41, 5.74) is 2.66. The van der Waals surface area contributed by atoms with E-state index >= 15 is 0 Å². The molecule has 2 aromatic rings. The number of hydrogen-bond donors (Lipinski definition) is 0. The highest BCUT2D eigenvalue weighted by Crippen LogP contribution is 2.47. The van der Waals surface area contributed by atoms with E-state index in [0.717, 1.165) is 67.6 Å². The number of aryl methyl sites for hydroxylation is 1. The zero-order valence-corrected chi connectivity index (χ0v) is 18.9. The van der Waals surface area contributed by atoms with Gasteiger partial charge in [-0.15, -0.1) is 0 Å². The van der Waals surface area contributed by atoms with Crippen molar-refractivity contribution in [2.75, 3.05) is 26.2 Å². The Morgan fingerprint density at radius 2 is 1.62 bits per heavy atom. The van der Waals surface area contributed by atoms with Crippen LogP contribution in [0.3, 0.4) is 0 Å². The first-order valence-electron chi connectivity index (χ1n) is 12.0. The minimum atomic E-state index is -0.299. The first-order chi connectivity index (χ1) is 15.5. The molecule has 3 aliphatic heterocycles. The molecule has 0 N–H and O–H groups in total. The van der Waals surface area contributed by atoms with Crippen LogP contribution in [0.2, 0.25) is 0 Å². The third-order valence-electron chi connectivity index (χ3n) is 7.52. The number of rotatable bonds is 3. The lowest BCUT2D eigenvalue weighted by molar-refractivity contribution is -0.131. The molecule has 0 bridgehead atoms. The van der Waals surface area contributed by atoms with Gasteiger partial charge in [0.1, 0.15) is 11.4 Å². The number of hydrogen-bond acceptors (Lipinski definition) is 3. The van der Waals surface area contributed by atoms with E-state index in [1.54, 1.807) is 0 Å². The molecule has 3 aliphatic rings. The molecule has 168 valence electrons. The number of benzene rings is 2. The van der Waals surface area contributed by atoms with Crippen molar-refractivity contribution in [2.45, 2.75) is 57.0 Å². The maximum absolute atomic E-state index is 13.1. The number of amides is 2. The van der Waals surface area contributed by atoms with Crippen LogP contribution < -0.4 is 4.74 Å². The van der Waals surface area contributed by atoms with Gasteiger partial charge < -0.3 is 14.5 Å². The van der Waals surface area contributed by atoms with E-state index in [-0.39, 0.29) is 23.3 Å². The van der Waals surface area contributed by atoms with E-state index < -0.39 is 0 Å². The summed E-state index contributed by atoms with van der Waals surface area (Å²) in [6.07, 6.45) is 5.22. The number of para-hydroxylation sites is 1. The number of carbonyl (C=O) groups is 2. The lowest BCUT2D eigenvalue weighted by Crippen LogP contribution is -2.52. The van der Waals surface area contributed by atoms with Gasteiger partial charge >= 0.3 is 0 Å². The standard InChI is InChI=1S/C27H32N2O3/c1-20-8-2-3-9-22(20)26(31)29-16-12-27(13-17-29)19-21(18-25(30)28-14-6-7-15-28)23-10-4-5-11-24(23)32-27/h2-5,8-11,21H,6-7,12-19H2,1H3/t21-/m0/s1. The van der Waals surface area contributed by atoms with Crippen LogP contribution in [0.25, 0.3) is 0 Å². The first kappa shape index (κ1) is 21.0. The maximum Gasteiger partial charge on any atom is 0.254 e. The Labute approximate surface area is 190 Å². The molecule has 0 aliphatic carbocycles. The summed E-state index contributed by atoms with van der Waals surface area (Å²) in [6.45, 7) is 5.14. The Bertz CT molecular complexity index is 1000. The number of fused-ring (bicyclic) bond motifs is 1. The highest BCUT2D eigenvalue weighted by Gasteiger charge is 2.44. The summed E-state index contributed by atoms with van der Waals surface area (Å²) in [5, 5.41) is 0. The summed E-state index contributed by atoms with van der Waals surface area (Å²) in [6, 6.07) is 16.0. The van der Waals surface area contributed by atoms with Gasteiger partial charge in [0.2, 0.25) is 5.91 Å². The van der Waals surface area contributed by atoms with Gasteiger partial charge in [0.15, 0.2) is 0 Å². The molecule has 2 fully saturated rings. The predicted octanol–water partition coefficient (Wildman–Crippen LogP) is 4.55. The fourth-order valence-electron chi connectivity index (χ4n) is 5.64. The van der Waals surface area contributed by atoms with E-state index in [1.165, 1.54) is 0 Å². The second-order valence-corrected chi connectivity index (χ2v) is 9.62. The monoisotopic (exact) mass is 432 g/mol. The molecule has 5 rings (SSSR count). The van der Waals surface area contributed by atoms with Crippen molar-refractivity contribution in [3.63, 3.8) is 0 Å². The molecule has 2 aromatic carbocycles. The van der Waals surface area contributed by atoms with Crippen molar-refractivity contribution >= 4 is 11.8 Å². The lowest BCUT2D eigenvalue weighted by atomic mass is 9.76. The third-order valence-corrected chi connectivity index (χ3v) is 7.52. The van der Waals surface area contributed by atoms with E-state index in [9.17, 15) is 9.59 Å². The molecule has 5 heteroatoms. The molecule has 2 amide bonds. The second kappa shape index (κ2) is 8.61. The molecular weight excluding hydrogens is 400 g/mol. The fourth-order valence-corrected chi connectivity index (χ4v) is 5.64. The second-order valence-electron chi connectivity index (χ2n) is 9.62. The number of likely N-dealkylation sites (tertiary alicyclic amines) is 2. The Morgan fingerprint density at radius 3 is 2.38 bits per heavy atom. The minimum absolute atomic E-state index is 0.106. The van der Waals surface area contributed by atoms with Gasteiger partial charge in [-0.2, -0.15) is 0 Å². The van der Waals surface area contributed by atoms with Crippen LogP contribution in [0.4, 0.5) is 0 Å². The van der Waals surface area contributed by atoms with Crippen molar-refractivity contribution in [3.05, 3.63) is 65.2 Å². The van der Waals surface area contributed by atoms with Gasteiger partial charge in [-0.05, 0) is 49.4 Å². The molecule has 0 radical (unpaired) electrons. The maximum atomic E-state index is 13.1. The summed E-state index contributed by atoms with van der Waals surface area (Å²) in [7, 11) is 0. The highest BCUT2D eigenvalue weighted by atomic mass is 16.5. The summed E-state index contributed by atoms with van der Waals surface area (Å²) >= 11 is 0. The minimum Gasteiger partial charge on any atom is -0.487 e. The highest BCUT2D eigenvalue weighted by molar-refractivity contribution is 5.95. The smallest absolute Gasteiger partial charge is 0.254 e. The molecule has 3 heterocycles. The number of carbonyl (C=O) groups excluding carboxylic acids is 2. The van der Waals surface area contributed by atoms with Crippen LogP contribution in [0.15, 0.2) is 48.5 Å². The lowest BCUT2D eigenvalue weighted by Gasteiger charge is -2.47.